The summed E-state index contributed by atoms with van der Waals surface area (Å²) >= 11 is 2.07. The third-order valence-corrected chi connectivity index (χ3v) is 3.70. The van der Waals surface area contributed by atoms with Crippen molar-refractivity contribution in [3.8, 4) is 0 Å². The van der Waals surface area contributed by atoms with Crippen LogP contribution in [0.25, 0.3) is 0 Å². The summed E-state index contributed by atoms with van der Waals surface area (Å²) < 4.78 is 5.46. The molecule has 0 amide bonds. The lowest BCUT2D eigenvalue weighted by Crippen LogP contribution is -2.35. The standard InChI is InChI=1S/C10H21NOS/c1-4-12-8(2)6-11-10-5-9(3)13-7-10/h8-11H,4-7H2,1-3H3. The first kappa shape index (κ1) is 11.3. The monoisotopic (exact) mass is 203 g/mol. The van der Waals surface area contributed by atoms with Crippen LogP contribution in [0.15, 0.2) is 0 Å². The molecule has 1 saturated heterocycles. The second-order valence-corrected chi connectivity index (χ2v) is 5.22. The van der Waals surface area contributed by atoms with E-state index in [-0.39, 0.29) is 0 Å². The van der Waals surface area contributed by atoms with Gasteiger partial charge < -0.3 is 10.1 Å². The van der Waals surface area contributed by atoms with E-state index in [9.17, 15) is 0 Å². The molecule has 1 N–H and O–H groups in total. The third kappa shape index (κ3) is 4.34. The Balaban J connectivity index is 2.05. The zero-order valence-electron chi connectivity index (χ0n) is 8.88. The van der Waals surface area contributed by atoms with Crippen molar-refractivity contribution < 1.29 is 4.74 Å². The normalized spacial score (nSPS) is 30.7. The Morgan fingerprint density at radius 1 is 1.62 bits per heavy atom. The summed E-state index contributed by atoms with van der Waals surface area (Å²) in [4.78, 5) is 0. The Morgan fingerprint density at radius 3 is 2.92 bits per heavy atom. The predicted molar refractivity (Wildman–Crippen MR) is 59.4 cm³/mol. The van der Waals surface area contributed by atoms with E-state index in [0.29, 0.717) is 12.1 Å². The van der Waals surface area contributed by atoms with Crippen molar-refractivity contribution in [2.24, 2.45) is 0 Å². The number of hydrogen-bond donors (Lipinski definition) is 1. The van der Waals surface area contributed by atoms with E-state index in [1.807, 2.05) is 6.92 Å². The predicted octanol–water partition coefficient (Wildman–Crippen LogP) is 1.89. The van der Waals surface area contributed by atoms with Crippen molar-refractivity contribution in [2.45, 2.75) is 44.6 Å². The SMILES string of the molecule is CCOC(C)CNC1CSC(C)C1. The highest BCUT2D eigenvalue weighted by Gasteiger charge is 2.21. The second-order valence-electron chi connectivity index (χ2n) is 3.75. The van der Waals surface area contributed by atoms with Crippen LogP contribution >= 0.6 is 11.8 Å². The number of ether oxygens (including phenoxy) is 1. The minimum absolute atomic E-state index is 0.353. The molecular formula is C10H21NOS. The topological polar surface area (TPSA) is 21.3 Å². The van der Waals surface area contributed by atoms with Crippen molar-refractivity contribution in [3.05, 3.63) is 0 Å². The van der Waals surface area contributed by atoms with E-state index in [0.717, 1.165) is 18.4 Å². The fourth-order valence-electron chi connectivity index (χ4n) is 1.64. The van der Waals surface area contributed by atoms with Gasteiger partial charge in [0.1, 0.15) is 0 Å². The van der Waals surface area contributed by atoms with Crippen molar-refractivity contribution in [3.63, 3.8) is 0 Å². The highest BCUT2D eigenvalue weighted by molar-refractivity contribution is 8.00. The number of nitrogens with one attached hydrogen (secondary N) is 1. The number of rotatable bonds is 5. The molecule has 0 aromatic carbocycles. The fraction of sp³-hybridized carbons (Fsp3) is 1.00. The number of thioether (sulfide) groups is 1. The van der Waals surface area contributed by atoms with E-state index in [4.69, 9.17) is 4.74 Å². The summed E-state index contributed by atoms with van der Waals surface area (Å²) in [5, 5.41) is 4.38. The molecule has 1 rings (SSSR count). The van der Waals surface area contributed by atoms with Crippen LogP contribution in [-0.2, 0) is 4.74 Å². The molecule has 0 aliphatic carbocycles. The minimum Gasteiger partial charge on any atom is -0.377 e. The highest BCUT2D eigenvalue weighted by Crippen LogP contribution is 2.25. The lowest BCUT2D eigenvalue weighted by Gasteiger charge is -2.16. The molecular weight excluding hydrogens is 182 g/mol. The maximum atomic E-state index is 5.46. The Morgan fingerprint density at radius 2 is 2.38 bits per heavy atom. The smallest absolute Gasteiger partial charge is 0.0671 e. The summed E-state index contributed by atoms with van der Waals surface area (Å²) in [6, 6.07) is 0.711. The zero-order chi connectivity index (χ0) is 9.68. The first-order chi connectivity index (χ1) is 6.22. The molecule has 3 atom stereocenters. The van der Waals surface area contributed by atoms with Crippen LogP contribution in [-0.4, -0.2) is 36.3 Å². The molecule has 0 aromatic rings. The molecule has 1 heterocycles. The highest BCUT2D eigenvalue weighted by atomic mass is 32.2. The molecule has 3 heteroatoms. The largest absolute Gasteiger partial charge is 0.377 e. The van der Waals surface area contributed by atoms with Gasteiger partial charge >= 0.3 is 0 Å². The number of hydrogen-bond acceptors (Lipinski definition) is 3. The van der Waals surface area contributed by atoms with E-state index >= 15 is 0 Å². The molecule has 78 valence electrons. The zero-order valence-corrected chi connectivity index (χ0v) is 9.69. The van der Waals surface area contributed by atoms with Crippen molar-refractivity contribution in [1.29, 1.82) is 0 Å². The maximum absolute atomic E-state index is 5.46. The Labute approximate surface area is 85.8 Å². The van der Waals surface area contributed by atoms with Crippen LogP contribution in [0, 0.1) is 0 Å². The lowest BCUT2D eigenvalue weighted by molar-refractivity contribution is 0.0744. The molecule has 1 aliphatic heterocycles. The molecule has 0 radical (unpaired) electrons. The average molecular weight is 203 g/mol. The Bertz CT molecular complexity index is 143. The van der Waals surface area contributed by atoms with Gasteiger partial charge in [-0.15, -0.1) is 0 Å². The van der Waals surface area contributed by atoms with Gasteiger partial charge in [-0.2, -0.15) is 11.8 Å². The van der Waals surface area contributed by atoms with Gasteiger partial charge in [0.15, 0.2) is 0 Å². The molecule has 0 saturated carbocycles. The first-order valence-electron chi connectivity index (χ1n) is 5.19. The van der Waals surface area contributed by atoms with Gasteiger partial charge in [-0.1, -0.05) is 6.92 Å². The van der Waals surface area contributed by atoms with E-state index in [1.54, 1.807) is 0 Å². The van der Waals surface area contributed by atoms with Gasteiger partial charge in [-0.3, -0.25) is 0 Å². The quantitative estimate of drug-likeness (QED) is 0.737. The summed E-state index contributed by atoms with van der Waals surface area (Å²) in [6.45, 7) is 8.29. The average Bonchev–Trinajstić information content (AvgIpc) is 2.49. The molecule has 2 nitrogen and oxygen atoms in total. The van der Waals surface area contributed by atoms with Gasteiger partial charge in [-0.05, 0) is 20.3 Å². The summed E-state index contributed by atoms with van der Waals surface area (Å²) in [5.74, 6) is 1.26. The molecule has 0 spiro atoms. The van der Waals surface area contributed by atoms with Crippen molar-refractivity contribution >= 4 is 11.8 Å². The molecule has 0 bridgehead atoms. The van der Waals surface area contributed by atoms with Gasteiger partial charge in [0, 0.05) is 30.2 Å². The van der Waals surface area contributed by atoms with Crippen LogP contribution in [0.1, 0.15) is 27.2 Å². The molecule has 1 aliphatic rings. The van der Waals surface area contributed by atoms with Gasteiger partial charge in [0.25, 0.3) is 0 Å². The van der Waals surface area contributed by atoms with Crippen LogP contribution in [0.4, 0.5) is 0 Å². The van der Waals surface area contributed by atoms with Crippen molar-refractivity contribution in [2.75, 3.05) is 18.9 Å². The van der Waals surface area contributed by atoms with Gasteiger partial charge in [0.2, 0.25) is 0 Å². The van der Waals surface area contributed by atoms with Crippen LogP contribution in [0.3, 0.4) is 0 Å². The van der Waals surface area contributed by atoms with Crippen LogP contribution < -0.4 is 5.32 Å². The molecule has 1 fully saturated rings. The minimum atomic E-state index is 0.353. The second kappa shape index (κ2) is 5.89. The summed E-state index contributed by atoms with van der Waals surface area (Å²) in [5.41, 5.74) is 0. The van der Waals surface area contributed by atoms with Crippen LogP contribution in [0.5, 0.6) is 0 Å². The Hall–Kier alpha value is 0.270. The van der Waals surface area contributed by atoms with Gasteiger partial charge in [-0.25, -0.2) is 0 Å². The van der Waals surface area contributed by atoms with E-state index in [2.05, 4.69) is 30.9 Å². The summed E-state index contributed by atoms with van der Waals surface area (Å²) in [6.07, 6.45) is 1.66. The summed E-state index contributed by atoms with van der Waals surface area (Å²) in [7, 11) is 0. The maximum Gasteiger partial charge on any atom is 0.0671 e. The molecule has 0 aromatic heterocycles. The lowest BCUT2D eigenvalue weighted by atomic mass is 10.2. The first-order valence-corrected chi connectivity index (χ1v) is 6.23. The van der Waals surface area contributed by atoms with Crippen molar-refractivity contribution in [1.82, 2.24) is 5.32 Å². The Kier molecular flexibility index (Phi) is 5.14. The molecule has 13 heavy (non-hydrogen) atoms. The van der Waals surface area contributed by atoms with E-state index in [1.165, 1.54) is 12.2 Å². The molecule has 3 unspecified atom stereocenters. The van der Waals surface area contributed by atoms with Gasteiger partial charge in [0.05, 0.1) is 6.10 Å². The van der Waals surface area contributed by atoms with Crippen LogP contribution in [0.2, 0.25) is 0 Å². The fourth-order valence-corrected chi connectivity index (χ4v) is 2.82. The third-order valence-electron chi connectivity index (χ3n) is 2.34. The van der Waals surface area contributed by atoms with E-state index < -0.39 is 0 Å².